The molecule has 1 unspecified atom stereocenters. The van der Waals surface area contributed by atoms with Crippen LogP contribution in [0.4, 0.5) is 0 Å². The molecular formula is C29H34N2O7Si. The summed E-state index contributed by atoms with van der Waals surface area (Å²) >= 11 is 0. The molecule has 9 nitrogen and oxygen atoms in total. The number of ether oxygens (including phenoxy) is 3. The number of aliphatic hydroxyl groups is 1. The summed E-state index contributed by atoms with van der Waals surface area (Å²) in [6.45, 7) is 10.7. The number of esters is 2. The van der Waals surface area contributed by atoms with Gasteiger partial charge in [0.2, 0.25) is 0 Å². The fourth-order valence-electron chi connectivity index (χ4n) is 5.36. The molecule has 10 heteroatoms. The number of cyclic esters (lactones) is 1. The van der Waals surface area contributed by atoms with E-state index in [-0.39, 0.29) is 31.8 Å². The number of nitrogens with zero attached hydrogens (tertiary/aromatic N) is 2. The molecule has 0 fully saturated rings. The Balaban J connectivity index is 1.66. The average Bonchev–Trinajstić information content (AvgIpc) is 3.26. The van der Waals surface area contributed by atoms with E-state index < -0.39 is 25.6 Å². The van der Waals surface area contributed by atoms with E-state index in [1.54, 1.807) is 30.5 Å². The van der Waals surface area contributed by atoms with E-state index in [4.69, 9.17) is 19.2 Å². The normalized spacial score (nSPS) is 17.8. The summed E-state index contributed by atoms with van der Waals surface area (Å²) in [6, 6.07) is 8.30. The SMILES string of the molecule is CCOC(=O)COc1ccc2nc3c(c(CC[Si](C)(C)C)c2c1)Cn1c-3cc2c(c1=O)COC(=O)C2(O)CC. The standard InChI is InChI=1S/C29H34N2O7Si/c1-6-29(35)22-13-24-26-20(14-31(24)27(33)21(22)15-38-28(29)34)18(10-11-39(3,4)5)19-12-17(8-9-23(19)30-26)37-16-25(32)36-7-2/h8-9,12-13,35H,6-7,10-11,14-16H2,1-5H3. The molecule has 0 spiro atoms. The second-order valence-corrected chi connectivity index (χ2v) is 17.0. The first-order chi connectivity index (χ1) is 18.5. The maximum atomic E-state index is 13.6. The Labute approximate surface area is 227 Å². The van der Waals surface area contributed by atoms with Gasteiger partial charge in [-0.1, -0.05) is 32.6 Å². The zero-order chi connectivity index (χ0) is 28.1. The zero-order valence-electron chi connectivity index (χ0n) is 23.1. The van der Waals surface area contributed by atoms with E-state index in [1.165, 1.54) is 0 Å². The lowest BCUT2D eigenvalue weighted by Gasteiger charge is -2.31. The minimum absolute atomic E-state index is 0.0930. The number of rotatable bonds is 8. The third kappa shape index (κ3) is 4.76. The quantitative estimate of drug-likeness (QED) is 0.259. The van der Waals surface area contributed by atoms with Crippen LogP contribution < -0.4 is 10.3 Å². The number of carbonyl (C=O) groups is 2. The zero-order valence-corrected chi connectivity index (χ0v) is 24.1. The molecule has 2 aromatic heterocycles. The average molecular weight is 551 g/mol. The maximum Gasteiger partial charge on any atom is 0.344 e. The summed E-state index contributed by atoms with van der Waals surface area (Å²) in [5, 5.41) is 12.1. The molecule has 206 valence electrons. The fraction of sp³-hybridized carbons (Fsp3) is 0.448. The second kappa shape index (κ2) is 9.91. The van der Waals surface area contributed by atoms with Gasteiger partial charge in [-0.15, -0.1) is 0 Å². The molecule has 0 radical (unpaired) electrons. The van der Waals surface area contributed by atoms with E-state index in [2.05, 4.69) is 19.6 Å². The lowest BCUT2D eigenvalue weighted by atomic mass is 9.86. The van der Waals surface area contributed by atoms with Crippen LogP contribution in [-0.2, 0) is 44.2 Å². The molecule has 0 saturated carbocycles. The highest BCUT2D eigenvalue weighted by Gasteiger charge is 2.45. The first kappa shape index (κ1) is 27.1. The monoisotopic (exact) mass is 550 g/mol. The summed E-state index contributed by atoms with van der Waals surface area (Å²) < 4.78 is 17.6. The number of hydrogen-bond donors (Lipinski definition) is 1. The molecule has 3 aromatic rings. The van der Waals surface area contributed by atoms with Crippen LogP contribution in [0.15, 0.2) is 29.1 Å². The summed E-state index contributed by atoms with van der Waals surface area (Å²) in [5.41, 5.74) is 2.53. The van der Waals surface area contributed by atoms with E-state index >= 15 is 0 Å². The minimum Gasteiger partial charge on any atom is -0.482 e. The van der Waals surface area contributed by atoms with Gasteiger partial charge in [0.25, 0.3) is 5.56 Å². The molecule has 4 heterocycles. The van der Waals surface area contributed by atoms with E-state index in [1.807, 2.05) is 12.1 Å². The Bertz CT molecular complexity index is 1560. The molecule has 0 saturated heterocycles. The second-order valence-electron chi connectivity index (χ2n) is 11.4. The Hall–Kier alpha value is -3.50. The van der Waals surface area contributed by atoms with E-state index in [0.29, 0.717) is 34.8 Å². The van der Waals surface area contributed by atoms with Crippen molar-refractivity contribution < 1.29 is 28.9 Å². The number of benzene rings is 1. The minimum atomic E-state index is -1.87. The van der Waals surface area contributed by atoms with Crippen molar-refractivity contribution in [3.8, 4) is 17.1 Å². The molecule has 2 aliphatic rings. The lowest BCUT2D eigenvalue weighted by Crippen LogP contribution is -2.44. The smallest absolute Gasteiger partial charge is 0.344 e. The van der Waals surface area contributed by atoms with Gasteiger partial charge >= 0.3 is 11.9 Å². The van der Waals surface area contributed by atoms with Crippen LogP contribution in [0.25, 0.3) is 22.3 Å². The summed E-state index contributed by atoms with van der Waals surface area (Å²) in [7, 11) is -1.42. The number of aromatic nitrogens is 2. The highest BCUT2D eigenvalue weighted by Crippen LogP contribution is 2.41. The third-order valence-corrected chi connectivity index (χ3v) is 9.31. The number of pyridine rings is 2. The Kier molecular flexibility index (Phi) is 6.88. The van der Waals surface area contributed by atoms with Crippen LogP contribution in [0.2, 0.25) is 25.7 Å². The van der Waals surface area contributed by atoms with Gasteiger partial charge in [0.1, 0.15) is 12.4 Å². The van der Waals surface area contributed by atoms with Crippen molar-refractivity contribution in [1.29, 1.82) is 0 Å². The van der Waals surface area contributed by atoms with Gasteiger partial charge in [-0.3, -0.25) is 4.79 Å². The van der Waals surface area contributed by atoms with Gasteiger partial charge in [0.15, 0.2) is 12.2 Å². The highest BCUT2D eigenvalue weighted by molar-refractivity contribution is 6.76. The van der Waals surface area contributed by atoms with Crippen LogP contribution in [0.5, 0.6) is 5.75 Å². The molecule has 2 aliphatic heterocycles. The summed E-state index contributed by atoms with van der Waals surface area (Å²) in [6.07, 6.45) is 0.900. The molecule has 0 bridgehead atoms. The van der Waals surface area contributed by atoms with Gasteiger partial charge in [-0.25, -0.2) is 14.6 Å². The number of carbonyl (C=O) groups excluding carboxylic acids is 2. The van der Waals surface area contributed by atoms with Crippen LogP contribution in [0.1, 0.15) is 42.5 Å². The predicted octanol–water partition coefficient (Wildman–Crippen LogP) is 3.90. The van der Waals surface area contributed by atoms with Crippen LogP contribution >= 0.6 is 0 Å². The fourth-order valence-corrected chi connectivity index (χ4v) is 6.36. The van der Waals surface area contributed by atoms with Crippen molar-refractivity contribution in [3.63, 3.8) is 0 Å². The Morgan fingerprint density at radius 3 is 2.64 bits per heavy atom. The molecule has 0 amide bonds. The molecule has 1 aromatic carbocycles. The van der Waals surface area contributed by atoms with Crippen molar-refractivity contribution in [2.45, 2.75) is 71.1 Å². The van der Waals surface area contributed by atoms with Gasteiger partial charge in [0, 0.05) is 24.6 Å². The summed E-state index contributed by atoms with van der Waals surface area (Å²) in [4.78, 5) is 42.9. The first-order valence-corrected chi connectivity index (χ1v) is 17.1. The van der Waals surface area contributed by atoms with Crippen molar-refractivity contribution in [2.75, 3.05) is 13.2 Å². The highest BCUT2D eigenvalue weighted by atomic mass is 28.3. The largest absolute Gasteiger partial charge is 0.482 e. The molecule has 1 N–H and O–H groups in total. The third-order valence-electron chi connectivity index (χ3n) is 7.56. The number of hydrogen-bond acceptors (Lipinski definition) is 8. The molecule has 0 aliphatic carbocycles. The molecular weight excluding hydrogens is 516 g/mol. The van der Waals surface area contributed by atoms with Crippen LogP contribution in [-0.4, -0.2) is 47.9 Å². The molecule has 39 heavy (non-hydrogen) atoms. The number of fused-ring (bicyclic) bond motifs is 5. The summed E-state index contributed by atoms with van der Waals surface area (Å²) in [5.74, 6) is -0.631. The molecule has 1 atom stereocenters. The van der Waals surface area contributed by atoms with E-state index in [0.717, 1.165) is 34.5 Å². The Morgan fingerprint density at radius 1 is 1.18 bits per heavy atom. The van der Waals surface area contributed by atoms with Crippen molar-refractivity contribution in [1.82, 2.24) is 9.55 Å². The Morgan fingerprint density at radius 2 is 1.95 bits per heavy atom. The molecule has 5 rings (SSSR count). The van der Waals surface area contributed by atoms with Crippen LogP contribution in [0, 0.1) is 0 Å². The van der Waals surface area contributed by atoms with Gasteiger partial charge in [-0.2, -0.15) is 0 Å². The van der Waals surface area contributed by atoms with Gasteiger partial charge < -0.3 is 23.9 Å². The van der Waals surface area contributed by atoms with Gasteiger partial charge in [-0.05, 0) is 49.6 Å². The van der Waals surface area contributed by atoms with Crippen LogP contribution in [0.3, 0.4) is 0 Å². The van der Waals surface area contributed by atoms with Crippen molar-refractivity contribution in [2.24, 2.45) is 0 Å². The van der Waals surface area contributed by atoms with Crippen molar-refractivity contribution >= 4 is 30.9 Å². The predicted molar refractivity (Wildman–Crippen MR) is 149 cm³/mol. The first-order valence-electron chi connectivity index (χ1n) is 13.4. The van der Waals surface area contributed by atoms with E-state index in [9.17, 15) is 19.5 Å². The lowest BCUT2D eigenvalue weighted by molar-refractivity contribution is -0.172. The van der Waals surface area contributed by atoms with Crippen molar-refractivity contribution in [3.05, 3.63) is 56.9 Å². The maximum absolute atomic E-state index is 13.6. The number of aryl methyl sites for hydroxylation is 1. The topological polar surface area (TPSA) is 117 Å². The van der Waals surface area contributed by atoms with Gasteiger partial charge in [0.05, 0.1) is 35.6 Å².